The molecule has 2 saturated carbocycles. The molecule has 2 bridgehead atoms. The smallest absolute Gasteiger partial charge is 0.338 e. The molecule has 34 heavy (non-hydrogen) atoms. The molecule has 0 spiro atoms. The summed E-state index contributed by atoms with van der Waals surface area (Å²) in [6.45, 7) is -0.508. The molecule has 1 aliphatic heterocycles. The first-order valence-corrected chi connectivity index (χ1v) is 11.5. The predicted molar refractivity (Wildman–Crippen MR) is 124 cm³/mol. The second kappa shape index (κ2) is 8.76. The van der Waals surface area contributed by atoms with Gasteiger partial charge in [-0.1, -0.05) is 11.6 Å². The van der Waals surface area contributed by atoms with Crippen molar-refractivity contribution in [2.75, 3.05) is 23.9 Å². The maximum atomic E-state index is 13.0. The number of nitrogens with one attached hydrogen (secondary N) is 1. The summed E-state index contributed by atoms with van der Waals surface area (Å²) in [6.07, 6.45) is 3.01. The van der Waals surface area contributed by atoms with Crippen LogP contribution in [0.4, 0.5) is 11.4 Å². The third kappa shape index (κ3) is 3.81. The number of carbonyl (C=O) groups is 4. The first-order chi connectivity index (χ1) is 16.4. The van der Waals surface area contributed by atoms with E-state index < -0.39 is 18.5 Å². The molecule has 176 valence electrons. The number of anilines is 2. The summed E-state index contributed by atoms with van der Waals surface area (Å²) in [4.78, 5) is 51.8. The quantitative estimate of drug-likeness (QED) is 0.497. The van der Waals surface area contributed by atoms with E-state index in [0.29, 0.717) is 34.0 Å². The number of ether oxygens (including phenoxy) is 2. The number of amides is 3. The zero-order chi connectivity index (χ0) is 24.0. The molecule has 1 N–H and O–H groups in total. The molecule has 0 unspecified atom stereocenters. The van der Waals surface area contributed by atoms with Gasteiger partial charge in [-0.05, 0) is 73.6 Å². The highest BCUT2D eigenvalue weighted by Crippen LogP contribution is 2.56. The molecular weight excluding hydrogens is 460 g/mol. The minimum Gasteiger partial charge on any atom is -0.495 e. The van der Waals surface area contributed by atoms with Crippen LogP contribution in [-0.2, 0) is 19.1 Å². The highest BCUT2D eigenvalue weighted by Gasteiger charge is 2.61. The lowest BCUT2D eigenvalue weighted by Crippen LogP contribution is -2.32. The molecule has 2 aliphatic carbocycles. The van der Waals surface area contributed by atoms with Crippen molar-refractivity contribution < 1.29 is 28.7 Å². The van der Waals surface area contributed by atoms with E-state index in [2.05, 4.69) is 5.32 Å². The van der Waals surface area contributed by atoms with Crippen molar-refractivity contribution in [3.05, 3.63) is 53.1 Å². The average Bonchev–Trinajstić information content (AvgIpc) is 3.51. The van der Waals surface area contributed by atoms with E-state index in [1.54, 1.807) is 24.3 Å². The van der Waals surface area contributed by atoms with Gasteiger partial charge in [-0.15, -0.1) is 0 Å². The maximum Gasteiger partial charge on any atom is 0.338 e. The number of hydrogen-bond donors (Lipinski definition) is 1. The number of hydrogen-bond acceptors (Lipinski definition) is 6. The summed E-state index contributed by atoms with van der Waals surface area (Å²) < 4.78 is 10.3. The topological polar surface area (TPSA) is 102 Å². The summed E-state index contributed by atoms with van der Waals surface area (Å²) in [5.74, 6) is -0.889. The van der Waals surface area contributed by atoms with E-state index in [0.717, 1.165) is 19.3 Å². The van der Waals surface area contributed by atoms with Crippen LogP contribution in [0.15, 0.2) is 42.5 Å². The van der Waals surface area contributed by atoms with Gasteiger partial charge < -0.3 is 14.8 Å². The number of carbonyl (C=O) groups excluding carboxylic acids is 4. The van der Waals surface area contributed by atoms with Crippen LogP contribution in [-0.4, -0.2) is 37.4 Å². The van der Waals surface area contributed by atoms with E-state index in [4.69, 9.17) is 21.1 Å². The van der Waals surface area contributed by atoms with Crippen LogP contribution in [0.1, 0.15) is 29.6 Å². The second-order valence-electron chi connectivity index (χ2n) is 8.91. The fraction of sp³-hybridized carbons (Fsp3) is 0.360. The van der Waals surface area contributed by atoms with Gasteiger partial charge >= 0.3 is 5.97 Å². The molecule has 5 rings (SSSR count). The molecule has 3 aliphatic rings. The SMILES string of the molecule is COc1ccc(Cl)cc1NC(=O)COC(=O)c1ccc(N2C(=O)[C@@H]3[C@H]4CC[C@@H](C4)[C@@H]3C2=O)cc1. The Kier molecular flexibility index (Phi) is 5.77. The van der Waals surface area contributed by atoms with Gasteiger partial charge in [-0.2, -0.15) is 0 Å². The predicted octanol–water partition coefficient (Wildman–Crippen LogP) is 3.68. The van der Waals surface area contributed by atoms with Gasteiger partial charge in [0.15, 0.2) is 6.61 Å². The number of rotatable bonds is 6. The van der Waals surface area contributed by atoms with Crippen molar-refractivity contribution in [3.63, 3.8) is 0 Å². The summed E-state index contributed by atoms with van der Waals surface area (Å²) >= 11 is 5.95. The van der Waals surface area contributed by atoms with Gasteiger partial charge in [0.25, 0.3) is 5.91 Å². The molecule has 0 radical (unpaired) electrons. The zero-order valence-corrected chi connectivity index (χ0v) is 19.2. The number of nitrogens with zero attached hydrogens (tertiary/aromatic N) is 1. The maximum absolute atomic E-state index is 13.0. The van der Waals surface area contributed by atoms with Gasteiger partial charge in [-0.25, -0.2) is 4.79 Å². The Morgan fingerprint density at radius 1 is 1.03 bits per heavy atom. The number of esters is 1. The fourth-order valence-electron chi connectivity index (χ4n) is 5.59. The van der Waals surface area contributed by atoms with Crippen molar-refractivity contribution >= 4 is 46.7 Å². The standard InChI is InChI=1S/C25H23ClN2O6/c1-33-19-9-6-16(26)11-18(19)27-20(29)12-34-25(32)13-4-7-17(8-5-13)28-23(30)21-14-2-3-15(10-14)22(21)24(28)31/h4-9,11,14-15,21-22H,2-3,10,12H2,1H3,(H,27,29)/t14-,15-,21-,22+/m0/s1. The van der Waals surface area contributed by atoms with Crippen molar-refractivity contribution in [1.29, 1.82) is 0 Å². The van der Waals surface area contributed by atoms with Gasteiger partial charge in [0, 0.05) is 5.02 Å². The summed E-state index contributed by atoms with van der Waals surface area (Å²) in [5.41, 5.74) is 1.01. The number of halogens is 1. The number of benzene rings is 2. The number of fused-ring (bicyclic) bond motifs is 5. The molecule has 0 aromatic heterocycles. The third-order valence-corrected chi connectivity index (χ3v) is 7.29. The summed E-state index contributed by atoms with van der Waals surface area (Å²) in [7, 11) is 1.46. The summed E-state index contributed by atoms with van der Waals surface area (Å²) in [6, 6.07) is 10.9. The Morgan fingerprint density at radius 3 is 2.29 bits per heavy atom. The van der Waals surface area contributed by atoms with Gasteiger partial charge in [0.05, 0.1) is 35.9 Å². The lowest BCUT2D eigenvalue weighted by molar-refractivity contribution is -0.123. The van der Waals surface area contributed by atoms with Crippen LogP contribution in [0.5, 0.6) is 5.75 Å². The monoisotopic (exact) mass is 482 g/mol. The van der Waals surface area contributed by atoms with Crippen LogP contribution in [0, 0.1) is 23.7 Å². The van der Waals surface area contributed by atoms with E-state index in [-0.39, 0.29) is 29.2 Å². The first-order valence-electron chi connectivity index (χ1n) is 11.2. The lowest BCUT2D eigenvalue weighted by atomic mass is 9.81. The largest absolute Gasteiger partial charge is 0.495 e. The molecule has 3 amide bonds. The molecule has 4 atom stereocenters. The lowest BCUT2D eigenvalue weighted by Gasteiger charge is -2.19. The van der Waals surface area contributed by atoms with E-state index >= 15 is 0 Å². The normalized spacial score (nSPS) is 24.8. The van der Waals surface area contributed by atoms with E-state index in [9.17, 15) is 19.2 Å². The van der Waals surface area contributed by atoms with Crippen molar-refractivity contribution in [3.8, 4) is 5.75 Å². The Morgan fingerprint density at radius 2 is 1.68 bits per heavy atom. The second-order valence-corrected chi connectivity index (χ2v) is 9.35. The highest BCUT2D eigenvalue weighted by atomic mass is 35.5. The van der Waals surface area contributed by atoms with Crippen molar-refractivity contribution in [2.45, 2.75) is 19.3 Å². The fourth-order valence-corrected chi connectivity index (χ4v) is 5.76. The minimum absolute atomic E-state index is 0.134. The molecule has 8 nitrogen and oxygen atoms in total. The number of methoxy groups -OCH3 is 1. The zero-order valence-electron chi connectivity index (χ0n) is 18.5. The molecule has 2 aromatic rings. The van der Waals surface area contributed by atoms with Gasteiger partial charge in [0.1, 0.15) is 5.75 Å². The van der Waals surface area contributed by atoms with Gasteiger partial charge in [0.2, 0.25) is 11.8 Å². The van der Waals surface area contributed by atoms with Crippen molar-refractivity contribution in [2.24, 2.45) is 23.7 Å². The molecule has 3 fully saturated rings. The Bertz CT molecular complexity index is 1150. The Balaban J connectivity index is 1.20. The third-order valence-electron chi connectivity index (χ3n) is 7.06. The van der Waals surface area contributed by atoms with E-state index in [1.165, 1.54) is 30.2 Å². The first kappa shape index (κ1) is 22.4. The number of imide groups is 1. The molecule has 9 heteroatoms. The minimum atomic E-state index is -0.700. The van der Waals surface area contributed by atoms with Crippen LogP contribution in [0.3, 0.4) is 0 Å². The van der Waals surface area contributed by atoms with Gasteiger partial charge in [-0.3, -0.25) is 19.3 Å². The molecular formula is C25H23ClN2O6. The van der Waals surface area contributed by atoms with Crippen LogP contribution >= 0.6 is 11.6 Å². The molecule has 2 aromatic carbocycles. The Hall–Kier alpha value is -3.39. The van der Waals surface area contributed by atoms with Crippen LogP contribution in [0.2, 0.25) is 5.02 Å². The highest BCUT2D eigenvalue weighted by molar-refractivity contribution is 6.31. The van der Waals surface area contributed by atoms with Crippen molar-refractivity contribution in [1.82, 2.24) is 0 Å². The van der Waals surface area contributed by atoms with Crippen LogP contribution in [0.25, 0.3) is 0 Å². The summed E-state index contributed by atoms with van der Waals surface area (Å²) in [5, 5.41) is 3.01. The molecule has 1 heterocycles. The van der Waals surface area contributed by atoms with Crippen LogP contribution < -0.4 is 15.0 Å². The average molecular weight is 483 g/mol. The molecule has 1 saturated heterocycles. The van der Waals surface area contributed by atoms with E-state index in [1.807, 2.05) is 0 Å². The Labute approximate surface area is 201 Å².